The lowest BCUT2D eigenvalue weighted by Gasteiger charge is -2.38. The number of ether oxygens (including phenoxy) is 2. The summed E-state index contributed by atoms with van der Waals surface area (Å²) in [7, 11) is 3.43. The van der Waals surface area contributed by atoms with Gasteiger partial charge in [-0.25, -0.2) is 0 Å². The van der Waals surface area contributed by atoms with Crippen LogP contribution in [0.1, 0.15) is 24.8 Å². The normalized spacial score (nSPS) is 22.8. The Hall–Kier alpha value is -1.68. The van der Waals surface area contributed by atoms with E-state index in [1.165, 1.54) is 6.08 Å². The number of hydrogen-bond acceptors (Lipinski definition) is 6. The average molecular weight is 543 g/mol. The summed E-state index contributed by atoms with van der Waals surface area (Å²) in [5.74, 6) is 0.134. The molecular weight excluding hydrogens is 505 g/mol. The molecule has 36 heavy (non-hydrogen) atoms. The smallest absolute Gasteiger partial charge is 0.246 e. The van der Waals surface area contributed by atoms with Crippen LogP contribution in [0.15, 0.2) is 24.3 Å². The van der Waals surface area contributed by atoms with Gasteiger partial charge in [-0.15, -0.1) is 0 Å². The second-order valence-corrected chi connectivity index (χ2v) is 10.3. The highest BCUT2D eigenvalue weighted by atomic mass is 35.5. The van der Waals surface area contributed by atoms with Crippen LogP contribution in [0.3, 0.4) is 0 Å². The van der Waals surface area contributed by atoms with Gasteiger partial charge in [-0.1, -0.05) is 29.3 Å². The molecule has 0 aliphatic carbocycles. The minimum Gasteiger partial charge on any atom is -0.392 e. The van der Waals surface area contributed by atoms with Gasteiger partial charge in [0.05, 0.1) is 28.9 Å². The Morgan fingerprint density at radius 3 is 2.72 bits per heavy atom. The number of piperidine rings is 1. The van der Waals surface area contributed by atoms with Crippen LogP contribution in [-0.4, -0.2) is 110 Å². The van der Waals surface area contributed by atoms with Crippen LogP contribution < -0.4 is 0 Å². The predicted octanol–water partition coefficient (Wildman–Crippen LogP) is 2.80. The maximum absolute atomic E-state index is 12.7. The lowest BCUT2D eigenvalue weighted by molar-refractivity contribution is -0.130. The Kier molecular flexibility index (Phi) is 11.5. The van der Waals surface area contributed by atoms with Crippen molar-refractivity contribution in [3.05, 3.63) is 39.9 Å². The number of methoxy groups -OCH3 is 2. The fourth-order valence-electron chi connectivity index (χ4n) is 4.84. The predicted molar refractivity (Wildman–Crippen MR) is 141 cm³/mol. The van der Waals surface area contributed by atoms with E-state index in [1.54, 1.807) is 48.3 Å². The second kappa shape index (κ2) is 14.3. The number of rotatable bonds is 10. The number of hydrogen-bond donors (Lipinski definition) is 1. The lowest BCUT2D eigenvalue weighted by Crippen LogP contribution is -2.48. The molecule has 2 amide bonds. The van der Waals surface area contributed by atoms with Gasteiger partial charge in [-0.3, -0.25) is 9.59 Å². The van der Waals surface area contributed by atoms with Crippen molar-refractivity contribution in [2.75, 3.05) is 66.6 Å². The van der Waals surface area contributed by atoms with Crippen LogP contribution >= 0.6 is 23.2 Å². The van der Waals surface area contributed by atoms with Crippen LogP contribution in [0, 0.1) is 5.92 Å². The molecule has 2 heterocycles. The number of aliphatic hydroxyl groups excluding tert-OH is 1. The van der Waals surface area contributed by atoms with Crippen molar-refractivity contribution in [2.24, 2.45) is 5.92 Å². The number of carbonyl (C=O) groups excluding carboxylic acids is 2. The highest BCUT2D eigenvalue weighted by Crippen LogP contribution is 2.23. The van der Waals surface area contributed by atoms with Gasteiger partial charge in [-0.05, 0) is 36.6 Å². The molecule has 10 heteroatoms. The average Bonchev–Trinajstić information content (AvgIpc) is 3.05. The van der Waals surface area contributed by atoms with Crippen molar-refractivity contribution in [1.82, 2.24) is 14.7 Å². The molecule has 2 fully saturated rings. The summed E-state index contributed by atoms with van der Waals surface area (Å²) in [6, 6.07) is 5.17. The summed E-state index contributed by atoms with van der Waals surface area (Å²) in [5.41, 5.74) is 0.777. The molecular formula is C26H37Cl2N3O5. The highest BCUT2D eigenvalue weighted by Gasteiger charge is 2.30. The summed E-state index contributed by atoms with van der Waals surface area (Å²) in [6.45, 7) is 4.62. The van der Waals surface area contributed by atoms with Crippen molar-refractivity contribution < 1.29 is 24.2 Å². The maximum atomic E-state index is 12.7. The molecule has 200 valence electrons. The molecule has 1 aromatic rings. The van der Waals surface area contributed by atoms with Crippen LogP contribution in [-0.2, 0) is 19.1 Å². The monoisotopic (exact) mass is 541 g/mol. The van der Waals surface area contributed by atoms with E-state index in [1.807, 2.05) is 0 Å². The molecule has 0 saturated carbocycles. The van der Waals surface area contributed by atoms with E-state index in [-0.39, 0.29) is 30.3 Å². The van der Waals surface area contributed by atoms with Crippen molar-refractivity contribution in [1.29, 1.82) is 0 Å². The summed E-state index contributed by atoms with van der Waals surface area (Å²) in [4.78, 5) is 31.0. The molecule has 2 saturated heterocycles. The molecule has 0 radical (unpaired) electrons. The Labute approximate surface area is 223 Å². The first-order chi connectivity index (χ1) is 17.3. The summed E-state index contributed by atoms with van der Waals surface area (Å²) in [5, 5.41) is 11.5. The molecule has 1 N–H and O–H groups in total. The van der Waals surface area contributed by atoms with Gasteiger partial charge in [-0.2, -0.15) is 0 Å². The minimum atomic E-state index is -0.532. The van der Waals surface area contributed by atoms with Gasteiger partial charge >= 0.3 is 0 Å². The SMILES string of the molecule is COCC1CN(CC(O)CCN2CCN(C(=O)/C=C/c3ccc(Cl)c(Cl)c3)CCC2=O)CCC1OC. The Morgan fingerprint density at radius 2 is 2.00 bits per heavy atom. The lowest BCUT2D eigenvalue weighted by atomic mass is 9.95. The summed E-state index contributed by atoms with van der Waals surface area (Å²) < 4.78 is 10.9. The minimum absolute atomic E-state index is 0.00651. The van der Waals surface area contributed by atoms with Gasteiger partial charge in [0.1, 0.15) is 0 Å². The molecule has 0 spiro atoms. The highest BCUT2D eigenvalue weighted by molar-refractivity contribution is 6.42. The molecule has 2 aliphatic heterocycles. The van der Waals surface area contributed by atoms with Crippen molar-refractivity contribution in [2.45, 2.75) is 31.5 Å². The standard InChI is InChI=1S/C26H37Cl2N3O5/c1-35-18-20-16-29(10-8-24(20)36-2)17-21(32)7-11-30-13-14-31(12-9-26(30)34)25(33)6-4-19-3-5-22(27)23(28)15-19/h3-6,15,20-21,24,32H,7-14,16-18H2,1-2H3/b6-4+. The summed E-state index contributed by atoms with van der Waals surface area (Å²) >= 11 is 12.0. The zero-order chi connectivity index (χ0) is 26.1. The molecule has 3 rings (SSSR count). The number of amides is 2. The molecule has 0 aromatic heterocycles. The Bertz CT molecular complexity index is 916. The van der Waals surface area contributed by atoms with Gasteiger partial charge in [0.2, 0.25) is 11.8 Å². The van der Waals surface area contributed by atoms with Crippen LogP contribution in [0.5, 0.6) is 0 Å². The Balaban J connectivity index is 1.44. The van der Waals surface area contributed by atoms with E-state index in [4.69, 9.17) is 32.7 Å². The molecule has 0 bridgehead atoms. The maximum Gasteiger partial charge on any atom is 0.246 e. The zero-order valence-electron chi connectivity index (χ0n) is 21.1. The van der Waals surface area contributed by atoms with Crippen molar-refractivity contribution >= 4 is 41.1 Å². The second-order valence-electron chi connectivity index (χ2n) is 9.44. The molecule has 3 atom stereocenters. The number of benzene rings is 1. The van der Waals surface area contributed by atoms with Crippen molar-refractivity contribution in [3.63, 3.8) is 0 Å². The molecule has 3 unspecified atom stereocenters. The van der Waals surface area contributed by atoms with Crippen LogP contribution in [0.4, 0.5) is 0 Å². The van der Waals surface area contributed by atoms with E-state index in [0.29, 0.717) is 55.8 Å². The molecule has 2 aliphatic rings. The number of carbonyl (C=O) groups is 2. The number of nitrogens with zero attached hydrogens (tertiary/aromatic N) is 3. The van der Waals surface area contributed by atoms with E-state index in [2.05, 4.69) is 4.90 Å². The third-order valence-electron chi connectivity index (χ3n) is 6.89. The number of likely N-dealkylation sites (tertiary alicyclic amines) is 1. The first kappa shape index (κ1) is 28.9. The van der Waals surface area contributed by atoms with Crippen molar-refractivity contribution in [3.8, 4) is 0 Å². The summed E-state index contributed by atoms with van der Waals surface area (Å²) in [6.07, 6.45) is 4.51. The molecule has 8 nitrogen and oxygen atoms in total. The zero-order valence-corrected chi connectivity index (χ0v) is 22.6. The quantitative estimate of drug-likeness (QED) is 0.458. The number of β-amino-alcohol motifs (C(OH)–C–C–N with tert-alkyl or cyclic N) is 1. The van der Waals surface area contributed by atoms with Gasteiger partial charge < -0.3 is 29.3 Å². The topological polar surface area (TPSA) is 82.6 Å². The largest absolute Gasteiger partial charge is 0.392 e. The number of halogens is 2. The van der Waals surface area contributed by atoms with E-state index >= 15 is 0 Å². The van der Waals surface area contributed by atoms with Gasteiger partial charge in [0, 0.05) is 78.4 Å². The first-order valence-electron chi connectivity index (χ1n) is 12.4. The fourth-order valence-corrected chi connectivity index (χ4v) is 5.15. The molecule has 1 aromatic carbocycles. The van der Waals surface area contributed by atoms with E-state index < -0.39 is 6.10 Å². The third-order valence-corrected chi connectivity index (χ3v) is 7.63. The van der Waals surface area contributed by atoms with Gasteiger partial charge in [0.15, 0.2) is 0 Å². The fraction of sp³-hybridized carbons (Fsp3) is 0.615. The third kappa shape index (κ3) is 8.43. The van der Waals surface area contributed by atoms with E-state index in [9.17, 15) is 14.7 Å². The Morgan fingerprint density at radius 1 is 1.19 bits per heavy atom. The van der Waals surface area contributed by atoms with Crippen LogP contribution in [0.2, 0.25) is 10.0 Å². The van der Waals surface area contributed by atoms with Gasteiger partial charge in [0.25, 0.3) is 0 Å². The van der Waals surface area contributed by atoms with Crippen LogP contribution in [0.25, 0.3) is 6.08 Å². The number of aliphatic hydroxyl groups is 1. The first-order valence-corrected chi connectivity index (χ1v) is 13.2. The van der Waals surface area contributed by atoms with E-state index in [0.717, 1.165) is 25.1 Å².